The summed E-state index contributed by atoms with van der Waals surface area (Å²) in [4.78, 5) is 31.4. The Morgan fingerprint density at radius 3 is 2.38 bits per heavy atom. The summed E-state index contributed by atoms with van der Waals surface area (Å²) in [5, 5.41) is 0. The average molecular weight is 395 g/mol. The van der Waals surface area contributed by atoms with Gasteiger partial charge in [-0.25, -0.2) is 4.39 Å². The Labute approximate surface area is 170 Å². The van der Waals surface area contributed by atoms with E-state index in [1.807, 2.05) is 17.0 Å². The van der Waals surface area contributed by atoms with Crippen LogP contribution < -0.4 is 0 Å². The first kappa shape index (κ1) is 19.6. The van der Waals surface area contributed by atoms with Crippen LogP contribution in [0.5, 0.6) is 0 Å². The summed E-state index contributed by atoms with van der Waals surface area (Å²) in [5.41, 5.74) is 3.07. The van der Waals surface area contributed by atoms with Crippen molar-refractivity contribution in [3.8, 4) is 0 Å². The lowest BCUT2D eigenvalue weighted by Gasteiger charge is -2.31. The molecule has 2 aliphatic heterocycles. The van der Waals surface area contributed by atoms with Gasteiger partial charge in [-0.1, -0.05) is 24.3 Å². The molecule has 2 aromatic rings. The van der Waals surface area contributed by atoms with Crippen LogP contribution in [0.25, 0.3) is 0 Å². The molecule has 0 saturated carbocycles. The van der Waals surface area contributed by atoms with Gasteiger partial charge in [0.05, 0.1) is 6.54 Å². The van der Waals surface area contributed by atoms with Gasteiger partial charge in [-0.05, 0) is 48.2 Å². The average Bonchev–Trinajstić information content (AvgIpc) is 2.99. The Morgan fingerprint density at radius 1 is 0.828 bits per heavy atom. The number of rotatable bonds is 3. The van der Waals surface area contributed by atoms with Crippen molar-refractivity contribution in [2.45, 2.75) is 19.4 Å². The van der Waals surface area contributed by atoms with E-state index in [1.165, 1.54) is 35.4 Å². The molecule has 29 heavy (non-hydrogen) atoms. The molecular weight excluding hydrogens is 369 g/mol. The van der Waals surface area contributed by atoms with Crippen molar-refractivity contribution in [1.29, 1.82) is 0 Å². The lowest BCUT2D eigenvalue weighted by atomic mass is 10.00. The van der Waals surface area contributed by atoms with E-state index in [-0.39, 0.29) is 17.6 Å². The van der Waals surface area contributed by atoms with Crippen molar-refractivity contribution in [2.24, 2.45) is 0 Å². The van der Waals surface area contributed by atoms with E-state index >= 15 is 0 Å². The van der Waals surface area contributed by atoms with Crippen LogP contribution in [0.2, 0.25) is 0 Å². The maximum atomic E-state index is 13.1. The van der Waals surface area contributed by atoms with Gasteiger partial charge in [-0.2, -0.15) is 0 Å². The second kappa shape index (κ2) is 8.74. The van der Waals surface area contributed by atoms with Gasteiger partial charge < -0.3 is 9.80 Å². The molecular formula is C23H26FN3O2. The topological polar surface area (TPSA) is 43.9 Å². The van der Waals surface area contributed by atoms with Crippen molar-refractivity contribution in [2.75, 3.05) is 39.3 Å². The Morgan fingerprint density at radius 2 is 1.59 bits per heavy atom. The van der Waals surface area contributed by atoms with Crippen LogP contribution in [0.15, 0.2) is 48.5 Å². The van der Waals surface area contributed by atoms with Crippen molar-refractivity contribution in [1.82, 2.24) is 14.7 Å². The smallest absolute Gasteiger partial charge is 0.253 e. The van der Waals surface area contributed by atoms with Crippen LogP contribution in [0.3, 0.4) is 0 Å². The van der Waals surface area contributed by atoms with Gasteiger partial charge in [-0.3, -0.25) is 14.5 Å². The van der Waals surface area contributed by atoms with E-state index in [2.05, 4.69) is 17.0 Å². The van der Waals surface area contributed by atoms with E-state index in [0.29, 0.717) is 38.3 Å². The molecule has 0 aliphatic carbocycles. The van der Waals surface area contributed by atoms with Crippen LogP contribution in [0, 0.1) is 5.82 Å². The normalized spacial score (nSPS) is 17.6. The third-order valence-corrected chi connectivity index (χ3v) is 5.81. The van der Waals surface area contributed by atoms with Crippen molar-refractivity contribution in [3.05, 3.63) is 71.0 Å². The summed E-state index contributed by atoms with van der Waals surface area (Å²) in [6, 6.07) is 14.0. The van der Waals surface area contributed by atoms with Gasteiger partial charge in [0.25, 0.3) is 5.91 Å². The molecule has 2 amide bonds. The van der Waals surface area contributed by atoms with Gasteiger partial charge in [0.1, 0.15) is 5.82 Å². The zero-order valence-corrected chi connectivity index (χ0v) is 16.5. The number of amides is 2. The maximum Gasteiger partial charge on any atom is 0.253 e. The van der Waals surface area contributed by atoms with E-state index in [1.54, 1.807) is 4.90 Å². The van der Waals surface area contributed by atoms with Crippen molar-refractivity contribution < 1.29 is 14.0 Å². The zero-order chi connectivity index (χ0) is 20.2. The molecule has 6 heteroatoms. The first-order valence-corrected chi connectivity index (χ1v) is 10.2. The quantitative estimate of drug-likeness (QED) is 0.802. The summed E-state index contributed by atoms with van der Waals surface area (Å²) < 4.78 is 13.1. The molecule has 0 radical (unpaired) electrons. The molecule has 2 aliphatic rings. The Kier molecular flexibility index (Phi) is 5.90. The second-order valence-electron chi connectivity index (χ2n) is 7.76. The van der Waals surface area contributed by atoms with E-state index in [4.69, 9.17) is 0 Å². The van der Waals surface area contributed by atoms with Crippen LogP contribution in [-0.2, 0) is 17.8 Å². The first-order valence-electron chi connectivity index (χ1n) is 10.2. The van der Waals surface area contributed by atoms with Crippen molar-refractivity contribution >= 4 is 11.8 Å². The summed E-state index contributed by atoms with van der Waals surface area (Å²) in [6.45, 7) is 4.52. The molecule has 0 bridgehead atoms. The highest BCUT2D eigenvalue weighted by Gasteiger charge is 2.25. The highest BCUT2D eigenvalue weighted by Crippen LogP contribution is 2.19. The SMILES string of the molecule is O=C(CN1CCCN(C(=O)c2ccc(F)cc2)CC1)N1CCc2ccccc2C1. The molecule has 0 atom stereocenters. The first-order chi connectivity index (χ1) is 14.1. The molecule has 5 nitrogen and oxygen atoms in total. The summed E-state index contributed by atoms with van der Waals surface area (Å²) in [5.74, 6) is -0.272. The standard InChI is InChI=1S/C23H26FN3O2/c24-21-8-6-19(7-9-21)23(29)26-12-3-11-25(14-15-26)17-22(28)27-13-10-18-4-1-2-5-20(18)16-27/h1-2,4-9H,3,10-17H2. The zero-order valence-electron chi connectivity index (χ0n) is 16.5. The monoisotopic (exact) mass is 395 g/mol. The minimum atomic E-state index is -0.345. The van der Waals surface area contributed by atoms with E-state index < -0.39 is 0 Å². The number of carbonyl (C=O) groups is 2. The highest BCUT2D eigenvalue weighted by molar-refractivity contribution is 5.94. The molecule has 0 spiro atoms. The number of benzene rings is 2. The largest absolute Gasteiger partial charge is 0.337 e. The molecule has 1 saturated heterocycles. The maximum absolute atomic E-state index is 13.1. The van der Waals surface area contributed by atoms with Gasteiger partial charge in [0.2, 0.25) is 5.91 Å². The lowest BCUT2D eigenvalue weighted by Crippen LogP contribution is -2.43. The van der Waals surface area contributed by atoms with Crippen LogP contribution in [0.1, 0.15) is 27.9 Å². The Hall–Kier alpha value is -2.73. The minimum Gasteiger partial charge on any atom is -0.337 e. The highest BCUT2D eigenvalue weighted by atomic mass is 19.1. The number of carbonyl (C=O) groups excluding carboxylic acids is 2. The lowest BCUT2D eigenvalue weighted by molar-refractivity contribution is -0.133. The van der Waals surface area contributed by atoms with Gasteiger partial charge >= 0.3 is 0 Å². The Balaban J connectivity index is 1.31. The van der Waals surface area contributed by atoms with Crippen molar-refractivity contribution in [3.63, 3.8) is 0 Å². The predicted molar refractivity (Wildman–Crippen MR) is 109 cm³/mol. The van der Waals surface area contributed by atoms with Gasteiger partial charge in [-0.15, -0.1) is 0 Å². The second-order valence-corrected chi connectivity index (χ2v) is 7.76. The number of hydrogen-bond acceptors (Lipinski definition) is 3. The molecule has 152 valence electrons. The molecule has 4 rings (SSSR count). The molecule has 2 aromatic carbocycles. The minimum absolute atomic E-state index is 0.0779. The van der Waals surface area contributed by atoms with E-state index in [0.717, 1.165) is 25.9 Å². The Bertz CT molecular complexity index is 884. The fraction of sp³-hybridized carbons (Fsp3) is 0.391. The van der Waals surface area contributed by atoms with E-state index in [9.17, 15) is 14.0 Å². The molecule has 2 heterocycles. The van der Waals surface area contributed by atoms with Crippen LogP contribution in [0.4, 0.5) is 4.39 Å². The number of halogens is 1. The number of nitrogens with zero attached hydrogens (tertiary/aromatic N) is 3. The van der Waals surface area contributed by atoms with Gasteiger partial charge in [0, 0.05) is 44.8 Å². The fourth-order valence-electron chi connectivity index (χ4n) is 4.11. The third kappa shape index (κ3) is 4.65. The summed E-state index contributed by atoms with van der Waals surface area (Å²) >= 11 is 0. The molecule has 1 fully saturated rings. The summed E-state index contributed by atoms with van der Waals surface area (Å²) in [7, 11) is 0. The predicted octanol–water partition coefficient (Wildman–Crippen LogP) is 2.56. The van der Waals surface area contributed by atoms with Gasteiger partial charge in [0.15, 0.2) is 0 Å². The fourth-order valence-corrected chi connectivity index (χ4v) is 4.11. The number of fused-ring (bicyclic) bond motifs is 1. The summed E-state index contributed by atoms with van der Waals surface area (Å²) in [6.07, 6.45) is 1.73. The molecule has 0 aromatic heterocycles. The molecule has 0 N–H and O–H groups in total. The van der Waals surface area contributed by atoms with Crippen LogP contribution in [-0.4, -0.2) is 65.8 Å². The van der Waals surface area contributed by atoms with Crippen LogP contribution >= 0.6 is 0 Å². The number of hydrogen-bond donors (Lipinski definition) is 0. The molecule has 0 unspecified atom stereocenters. The third-order valence-electron chi connectivity index (χ3n) is 5.81.